The van der Waals surface area contributed by atoms with Crippen LogP contribution in [0.4, 0.5) is 0 Å². The van der Waals surface area contributed by atoms with E-state index in [1.165, 1.54) is 18.2 Å². The Hall–Kier alpha value is -2.92. The zero-order chi connectivity index (χ0) is 18.1. The maximum Gasteiger partial charge on any atom is 0.323 e. The Kier molecular flexibility index (Phi) is 4.31. The number of rotatable bonds is 3. The van der Waals surface area contributed by atoms with Crippen LogP contribution < -0.4 is 0 Å². The second-order valence-electron chi connectivity index (χ2n) is 6.56. The fraction of sp³-hybridized carbons (Fsp3) is 0.238. The second-order valence-corrected chi connectivity index (χ2v) is 6.56. The number of phenols is 1. The number of nitrogens with zero attached hydrogens (tertiary/aromatic N) is 2. The van der Waals surface area contributed by atoms with Crippen LogP contribution >= 0.6 is 0 Å². The van der Waals surface area contributed by atoms with Crippen LogP contribution in [0.15, 0.2) is 54.7 Å². The number of aromatic nitrogens is 1. The molecule has 1 aliphatic heterocycles. The Morgan fingerprint density at radius 1 is 1.19 bits per heavy atom. The van der Waals surface area contributed by atoms with Gasteiger partial charge < -0.3 is 9.84 Å². The van der Waals surface area contributed by atoms with Gasteiger partial charge in [0.15, 0.2) is 0 Å². The molecule has 26 heavy (non-hydrogen) atoms. The predicted molar refractivity (Wildman–Crippen MR) is 98.6 cm³/mol. The van der Waals surface area contributed by atoms with Crippen molar-refractivity contribution < 1.29 is 14.6 Å². The molecule has 0 saturated heterocycles. The number of pyridine rings is 1. The highest BCUT2D eigenvalue weighted by atomic mass is 16.5. The van der Waals surface area contributed by atoms with E-state index in [-0.39, 0.29) is 17.8 Å². The summed E-state index contributed by atoms with van der Waals surface area (Å²) in [5.41, 5.74) is 4.03. The first-order chi connectivity index (χ1) is 12.7. The van der Waals surface area contributed by atoms with E-state index in [1.807, 2.05) is 30.3 Å². The molecule has 0 amide bonds. The monoisotopic (exact) mass is 348 g/mol. The molecule has 1 aliphatic rings. The average Bonchev–Trinajstić information content (AvgIpc) is 2.69. The van der Waals surface area contributed by atoms with Crippen LogP contribution in [0.2, 0.25) is 0 Å². The van der Waals surface area contributed by atoms with E-state index < -0.39 is 0 Å². The first kappa shape index (κ1) is 16.5. The number of aromatic hydroxyl groups is 1. The lowest BCUT2D eigenvalue weighted by molar-refractivity contribution is -0.147. The summed E-state index contributed by atoms with van der Waals surface area (Å²) in [5, 5.41) is 11.0. The molecule has 0 aliphatic carbocycles. The van der Waals surface area contributed by atoms with Crippen LogP contribution in [0, 0.1) is 0 Å². The minimum Gasteiger partial charge on any atom is -0.506 e. The van der Waals surface area contributed by atoms with Crippen molar-refractivity contribution in [3.8, 4) is 5.75 Å². The topological polar surface area (TPSA) is 62.7 Å². The predicted octanol–water partition coefficient (Wildman–Crippen LogP) is 3.04. The highest BCUT2D eigenvalue weighted by Crippen LogP contribution is 2.30. The van der Waals surface area contributed by atoms with E-state index in [9.17, 15) is 9.90 Å². The molecular weight excluding hydrogens is 328 g/mol. The zero-order valence-corrected chi connectivity index (χ0v) is 14.6. The van der Waals surface area contributed by atoms with Crippen molar-refractivity contribution in [1.29, 1.82) is 0 Å². The molecule has 1 N–H and O–H groups in total. The highest BCUT2D eigenvalue weighted by molar-refractivity contribution is 5.87. The molecule has 2 aromatic carbocycles. The third-order valence-corrected chi connectivity index (χ3v) is 5.03. The van der Waals surface area contributed by atoms with Gasteiger partial charge in [0, 0.05) is 24.7 Å². The van der Waals surface area contributed by atoms with Gasteiger partial charge in [0.1, 0.15) is 17.3 Å². The summed E-state index contributed by atoms with van der Waals surface area (Å²) in [7, 11) is 1.43. The van der Waals surface area contributed by atoms with Crippen molar-refractivity contribution in [1.82, 2.24) is 9.88 Å². The number of carbonyl (C=O) groups excluding carboxylic acids is 1. The number of esters is 1. The minimum absolute atomic E-state index is 0.165. The smallest absolute Gasteiger partial charge is 0.323 e. The third-order valence-electron chi connectivity index (χ3n) is 5.03. The second kappa shape index (κ2) is 6.77. The molecule has 3 aromatic rings. The third kappa shape index (κ3) is 2.91. The molecule has 5 heteroatoms. The van der Waals surface area contributed by atoms with Gasteiger partial charge in [-0.2, -0.15) is 0 Å². The number of benzene rings is 2. The summed E-state index contributed by atoms with van der Waals surface area (Å²) in [5.74, 6) is -0.0569. The Morgan fingerprint density at radius 2 is 2.00 bits per heavy atom. The first-order valence-corrected chi connectivity index (χ1v) is 8.61. The SMILES string of the molecule is COC(=O)C1Cc2ccccc2CN1Cc1ccc(O)c2ncccc12. The number of ether oxygens (including phenoxy) is 1. The molecule has 1 atom stereocenters. The molecule has 0 fully saturated rings. The quantitative estimate of drug-likeness (QED) is 0.737. The van der Waals surface area contributed by atoms with Gasteiger partial charge in [0.25, 0.3) is 0 Å². The standard InChI is InChI=1S/C21H20N2O3/c1-26-21(25)18-11-14-5-2-3-6-15(14)12-23(18)13-16-8-9-19(24)20-17(16)7-4-10-22-20/h2-10,18,24H,11-13H2,1H3. The number of fused-ring (bicyclic) bond motifs is 2. The van der Waals surface area contributed by atoms with Crippen molar-refractivity contribution in [2.75, 3.05) is 7.11 Å². The molecule has 1 unspecified atom stereocenters. The largest absolute Gasteiger partial charge is 0.506 e. The summed E-state index contributed by atoms with van der Waals surface area (Å²) >= 11 is 0. The lowest BCUT2D eigenvalue weighted by Crippen LogP contribution is -2.45. The van der Waals surface area contributed by atoms with Gasteiger partial charge in [-0.3, -0.25) is 14.7 Å². The van der Waals surface area contributed by atoms with Crippen LogP contribution in [-0.4, -0.2) is 34.1 Å². The highest BCUT2D eigenvalue weighted by Gasteiger charge is 2.32. The molecule has 132 valence electrons. The summed E-state index contributed by atoms with van der Waals surface area (Å²) in [4.78, 5) is 18.8. The number of hydrogen-bond acceptors (Lipinski definition) is 5. The zero-order valence-electron chi connectivity index (χ0n) is 14.6. The van der Waals surface area contributed by atoms with Crippen molar-refractivity contribution in [3.05, 3.63) is 71.4 Å². The summed E-state index contributed by atoms with van der Waals surface area (Å²) in [6.07, 6.45) is 2.30. The van der Waals surface area contributed by atoms with E-state index in [0.717, 1.165) is 10.9 Å². The molecule has 5 nitrogen and oxygen atoms in total. The maximum absolute atomic E-state index is 12.4. The van der Waals surface area contributed by atoms with Crippen LogP contribution in [0.3, 0.4) is 0 Å². The van der Waals surface area contributed by atoms with Gasteiger partial charge in [-0.15, -0.1) is 0 Å². The number of methoxy groups -OCH3 is 1. The van der Waals surface area contributed by atoms with Gasteiger partial charge in [0.05, 0.1) is 7.11 Å². The van der Waals surface area contributed by atoms with Crippen molar-refractivity contribution in [2.24, 2.45) is 0 Å². The van der Waals surface area contributed by atoms with Crippen LogP contribution in [0.1, 0.15) is 16.7 Å². The molecule has 1 aromatic heterocycles. The van der Waals surface area contributed by atoms with Gasteiger partial charge in [0.2, 0.25) is 0 Å². The molecule has 0 radical (unpaired) electrons. The van der Waals surface area contributed by atoms with Gasteiger partial charge in [-0.25, -0.2) is 0 Å². The van der Waals surface area contributed by atoms with Crippen LogP contribution in [-0.2, 0) is 29.0 Å². The molecular formula is C21H20N2O3. The Bertz CT molecular complexity index is 970. The fourth-order valence-electron chi connectivity index (χ4n) is 3.69. The Morgan fingerprint density at radius 3 is 2.81 bits per heavy atom. The lowest BCUT2D eigenvalue weighted by Gasteiger charge is -2.35. The summed E-state index contributed by atoms with van der Waals surface area (Å²) in [6.45, 7) is 1.26. The van der Waals surface area contributed by atoms with E-state index >= 15 is 0 Å². The fourth-order valence-corrected chi connectivity index (χ4v) is 3.69. The average molecular weight is 348 g/mol. The van der Waals surface area contributed by atoms with Gasteiger partial charge in [-0.1, -0.05) is 36.4 Å². The molecule has 0 bridgehead atoms. The number of phenolic OH excluding ortho intramolecular Hbond substituents is 1. The molecule has 2 heterocycles. The van der Waals surface area contributed by atoms with E-state index in [4.69, 9.17) is 4.74 Å². The van der Waals surface area contributed by atoms with Gasteiger partial charge in [-0.05, 0) is 35.2 Å². The van der Waals surface area contributed by atoms with Crippen LogP contribution in [0.25, 0.3) is 10.9 Å². The van der Waals surface area contributed by atoms with Crippen molar-refractivity contribution >= 4 is 16.9 Å². The normalized spacial score (nSPS) is 17.0. The number of carbonyl (C=O) groups is 1. The van der Waals surface area contributed by atoms with E-state index in [1.54, 1.807) is 12.3 Å². The van der Waals surface area contributed by atoms with Gasteiger partial charge >= 0.3 is 5.97 Å². The van der Waals surface area contributed by atoms with Crippen molar-refractivity contribution in [2.45, 2.75) is 25.6 Å². The van der Waals surface area contributed by atoms with Crippen LogP contribution in [0.5, 0.6) is 5.75 Å². The number of hydrogen-bond donors (Lipinski definition) is 1. The molecule has 0 spiro atoms. The minimum atomic E-state index is -0.324. The molecule has 4 rings (SSSR count). The Labute approximate surface area is 151 Å². The summed E-state index contributed by atoms with van der Waals surface area (Å²) in [6, 6.07) is 15.2. The lowest BCUT2D eigenvalue weighted by atomic mass is 9.93. The Balaban J connectivity index is 1.72. The summed E-state index contributed by atoms with van der Waals surface area (Å²) < 4.78 is 5.05. The van der Waals surface area contributed by atoms with E-state index in [0.29, 0.717) is 25.0 Å². The van der Waals surface area contributed by atoms with E-state index in [2.05, 4.69) is 22.0 Å². The first-order valence-electron chi connectivity index (χ1n) is 8.61. The molecule has 0 saturated carbocycles. The van der Waals surface area contributed by atoms with Crippen molar-refractivity contribution in [3.63, 3.8) is 0 Å². The maximum atomic E-state index is 12.4.